The smallest absolute Gasteiger partial charge is 0.338 e. The number of carbonyl (C=O) groups is 1. The van der Waals surface area contributed by atoms with Crippen LogP contribution in [0.3, 0.4) is 0 Å². The second-order valence-corrected chi connectivity index (χ2v) is 12.5. The third kappa shape index (κ3) is 5.86. The third-order valence-electron chi connectivity index (χ3n) is 7.78. The van der Waals surface area contributed by atoms with E-state index < -0.39 is 12.0 Å². The third-order valence-corrected chi connectivity index (χ3v) is 9.35. The van der Waals surface area contributed by atoms with Crippen molar-refractivity contribution in [2.45, 2.75) is 33.4 Å². The van der Waals surface area contributed by atoms with Gasteiger partial charge in [0, 0.05) is 39.3 Å². The maximum atomic E-state index is 14.3. The van der Waals surface area contributed by atoms with Gasteiger partial charge in [-0.05, 0) is 68.3 Å². The van der Waals surface area contributed by atoms with Crippen molar-refractivity contribution < 1.29 is 19.0 Å². The van der Waals surface area contributed by atoms with E-state index in [0.29, 0.717) is 60.9 Å². The monoisotopic (exact) mass is 675 g/mol. The molecule has 1 unspecified atom stereocenters. The molecule has 11 heteroatoms. The number of hydrogen-bond acceptors (Lipinski definition) is 7. The minimum Gasteiger partial charge on any atom is -0.493 e. The minimum absolute atomic E-state index is 0.185. The van der Waals surface area contributed by atoms with E-state index >= 15 is 0 Å². The van der Waals surface area contributed by atoms with Crippen molar-refractivity contribution in [2.24, 2.45) is 4.99 Å². The number of para-hydroxylation sites is 1. The number of ether oxygens (including phenoxy) is 3. The van der Waals surface area contributed by atoms with Crippen LogP contribution >= 0.6 is 34.5 Å². The first-order chi connectivity index (χ1) is 22.2. The molecule has 8 nitrogen and oxygen atoms in total. The fourth-order valence-corrected chi connectivity index (χ4v) is 7.24. The predicted molar refractivity (Wildman–Crippen MR) is 182 cm³/mol. The molecule has 1 aliphatic heterocycles. The summed E-state index contributed by atoms with van der Waals surface area (Å²) in [4.78, 5) is 32.8. The van der Waals surface area contributed by atoms with Crippen molar-refractivity contribution >= 4 is 57.5 Å². The Balaban J connectivity index is 1.52. The van der Waals surface area contributed by atoms with Crippen molar-refractivity contribution in [3.63, 3.8) is 0 Å². The molecule has 0 N–H and O–H groups in total. The highest BCUT2D eigenvalue weighted by Crippen LogP contribution is 2.36. The van der Waals surface area contributed by atoms with Crippen molar-refractivity contribution in [3.8, 4) is 11.5 Å². The lowest BCUT2D eigenvalue weighted by molar-refractivity contribution is -0.139. The van der Waals surface area contributed by atoms with Crippen molar-refractivity contribution in [1.29, 1.82) is 0 Å². The zero-order valence-electron chi connectivity index (χ0n) is 25.7. The molecule has 6 rings (SSSR count). The Morgan fingerprint density at radius 3 is 2.59 bits per heavy atom. The van der Waals surface area contributed by atoms with Gasteiger partial charge in [0.2, 0.25) is 0 Å². The summed E-state index contributed by atoms with van der Waals surface area (Å²) in [5, 5.41) is 2.14. The summed E-state index contributed by atoms with van der Waals surface area (Å²) >= 11 is 13.9. The molecule has 1 atom stereocenters. The maximum absolute atomic E-state index is 14.3. The fourth-order valence-electron chi connectivity index (χ4n) is 5.73. The molecule has 0 spiro atoms. The SMILES string of the molecule is CCOC(=O)C1=C(C)N=c2s/c(=C/c3cn(Cc4ccc(Cl)cc4Cl)c4ccccc34)c(=O)n2C1c1ccc(OC)c(OCC)c1. The zero-order valence-corrected chi connectivity index (χ0v) is 28.0. The van der Waals surface area contributed by atoms with E-state index in [1.807, 2.05) is 61.7 Å². The molecule has 0 saturated carbocycles. The van der Waals surface area contributed by atoms with Crippen LogP contribution in [0.5, 0.6) is 11.5 Å². The van der Waals surface area contributed by atoms with Crippen LogP contribution in [0.4, 0.5) is 0 Å². The Morgan fingerprint density at radius 2 is 1.85 bits per heavy atom. The van der Waals surface area contributed by atoms with E-state index in [-0.39, 0.29) is 12.2 Å². The number of esters is 1. The van der Waals surface area contributed by atoms with Gasteiger partial charge in [-0.2, -0.15) is 0 Å². The van der Waals surface area contributed by atoms with Gasteiger partial charge in [0.15, 0.2) is 16.3 Å². The average molecular weight is 677 g/mol. The quantitative estimate of drug-likeness (QED) is 0.166. The number of aromatic nitrogens is 2. The van der Waals surface area contributed by atoms with Crippen LogP contribution in [-0.4, -0.2) is 35.4 Å². The normalized spacial score (nSPS) is 14.7. The van der Waals surface area contributed by atoms with Gasteiger partial charge in [0.1, 0.15) is 0 Å². The summed E-state index contributed by atoms with van der Waals surface area (Å²) in [6, 6.07) is 18.1. The van der Waals surface area contributed by atoms with Gasteiger partial charge in [-0.1, -0.05) is 64.9 Å². The van der Waals surface area contributed by atoms with E-state index in [4.69, 9.17) is 42.4 Å². The number of methoxy groups -OCH3 is 1. The summed E-state index contributed by atoms with van der Waals surface area (Å²) in [6.45, 7) is 6.51. The molecule has 0 bridgehead atoms. The molecule has 0 aliphatic carbocycles. The highest BCUT2D eigenvalue weighted by atomic mass is 35.5. The highest BCUT2D eigenvalue weighted by Gasteiger charge is 2.34. The fraction of sp³-hybridized carbons (Fsp3) is 0.229. The summed E-state index contributed by atoms with van der Waals surface area (Å²) in [5.74, 6) is 0.532. The van der Waals surface area contributed by atoms with E-state index in [1.54, 1.807) is 43.7 Å². The lowest BCUT2D eigenvalue weighted by Gasteiger charge is -2.25. The van der Waals surface area contributed by atoms with Gasteiger partial charge in [-0.25, -0.2) is 9.79 Å². The first kappa shape index (κ1) is 31.7. The van der Waals surface area contributed by atoms with Crippen LogP contribution in [0.15, 0.2) is 87.9 Å². The molecular formula is C35H31Cl2N3O5S. The van der Waals surface area contributed by atoms with Crippen LogP contribution in [0.2, 0.25) is 10.0 Å². The Morgan fingerprint density at radius 1 is 1.04 bits per heavy atom. The van der Waals surface area contributed by atoms with Gasteiger partial charge in [-0.3, -0.25) is 9.36 Å². The van der Waals surface area contributed by atoms with Crippen LogP contribution in [0, 0.1) is 0 Å². The van der Waals surface area contributed by atoms with Crippen LogP contribution in [0.25, 0.3) is 17.0 Å². The maximum Gasteiger partial charge on any atom is 0.338 e. The Hall–Kier alpha value is -4.31. The molecule has 0 saturated heterocycles. The molecule has 236 valence electrons. The number of thiazole rings is 1. The van der Waals surface area contributed by atoms with Crippen LogP contribution < -0.4 is 24.4 Å². The molecule has 3 aromatic carbocycles. The van der Waals surface area contributed by atoms with Gasteiger partial charge in [-0.15, -0.1) is 0 Å². The number of fused-ring (bicyclic) bond motifs is 2. The summed E-state index contributed by atoms with van der Waals surface area (Å²) in [5.41, 5.74) is 3.97. The number of hydrogen-bond donors (Lipinski definition) is 0. The van der Waals surface area contributed by atoms with Gasteiger partial charge in [0.05, 0.1) is 42.2 Å². The summed E-state index contributed by atoms with van der Waals surface area (Å²) < 4.78 is 20.9. The number of halogens is 2. The minimum atomic E-state index is -0.782. The van der Waals surface area contributed by atoms with Gasteiger partial charge in [0.25, 0.3) is 5.56 Å². The molecule has 1 aliphatic rings. The van der Waals surface area contributed by atoms with Crippen LogP contribution in [-0.2, 0) is 16.1 Å². The molecule has 46 heavy (non-hydrogen) atoms. The Bertz CT molecular complexity index is 2200. The van der Waals surface area contributed by atoms with E-state index in [9.17, 15) is 9.59 Å². The highest BCUT2D eigenvalue weighted by molar-refractivity contribution is 7.07. The Labute approximate surface area is 279 Å². The summed E-state index contributed by atoms with van der Waals surface area (Å²) in [7, 11) is 1.57. The first-order valence-electron chi connectivity index (χ1n) is 14.8. The molecule has 0 radical (unpaired) electrons. The van der Waals surface area contributed by atoms with E-state index in [1.165, 1.54) is 11.3 Å². The topological polar surface area (TPSA) is 84.1 Å². The second-order valence-electron chi connectivity index (χ2n) is 10.6. The van der Waals surface area contributed by atoms with E-state index in [2.05, 4.69) is 4.57 Å². The molecule has 0 fully saturated rings. The first-order valence-corrected chi connectivity index (χ1v) is 16.3. The standard InChI is InChI=1S/C35H31Cl2N3O5S/c1-5-44-29-15-21(12-14-28(29)43-4)32-31(34(42)45-6-2)20(3)38-35-40(32)33(41)30(46-35)16-23-19-39(27-10-8-7-9-25(23)27)18-22-11-13-24(36)17-26(22)37/h7-17,19,32H,5-6,18H2,1-4H3/b30-16+. The van der Waals surface area contributed by atoms with Crippen LogP contribution in [0.1, 0.15) is 43.5 Å². The number of nitrogens with zero attached hydrogens (tertiary/aromatic N) is 3. The number of rotatable bonds is 9. The lowest BCUT2D eigenvalue weighted by Crippen LogP contribution is -2.40. The van der Waals surface area contributed by atoms with Gasteiger partial charge >= 0.3 is 5.97 Å². The molecule has 0 amide bonds. The average Bonchev–Trinajstić information content (AvgIpc) is 3.54. The molecule has 2 aromatic heterocycles. The van der Waals surface area contributed by atoms with Crippen molar-refractivity contribution in [1.82, 2.24) is 9.13 Å². The molecular weight excluding hydrogens is 645 g/mol. The largest absolute Gasteiger partial charge is 0.493 e. The van der Waals surface area contributed by atoms with E-state index in [0.717, 1.165) is 22.0 Å². The number of benzene rings is 3. The van der Waals surface area contributed by atoms with Gasteiger partial charge < -0.3 is 18.8 Å². The predicted octanol–water partition coefficient (Wildman–Crippen LogP) is 6.52. The Kier molecular flexibility index (Phi) is 9.08. The molecule has 3 heterocycles. The zero-order chi connectivity index (χ0) is 32.5. The summed E-state index contributed by atoms with van der Waals surface area (Å²) in [6.07, 6.45) is 3.89. The number of allylic oxidation sites excluding steroid dienone is 1. The number of carbonyl (C=O) groups excluding carboxylic acids is 1. The lowest BCUT2D eigenvalue weighted by atomic mass is 9.95. The van der Waals surface area contributed by atoms with Crippen molar-refractivity contribution in [2.75, 3.05) is 20.3 Å². The van der Waals surface area contributed by atoms with Crippen molar-refractivity contribution in [3.05, 3.63) is 125 Å². The molecule has 5 aromatic rings. The second kappa shape index (κ2) is 13.2.